The summed E-state index contributed by atoms with van der Waals surface area (Å²) in [6.07, 6.45) is 6.44. The normalized spacial score (nSPS) is 23.3. The van der Waals surface area contributed by atoms with E-state index in [9.17, 15) is 8.42 Å². The average molecular weight is 535 g/mol. The van der Waals surface area contributed by atoms with Crippen LogP contribution in [0.2, 0.25) is 0 Å². The number of nitrogens with zero attached hydrogens (tertiary/aromatic N) is 4. The van der Waals surface area contributed by atoms with E-state index in [1.807, 2.05) is 13.0 Å². The van der Waals surface area contributed by atoms with E-state index in [2.05, 4.69) is 72.4 Å². The number of methoxy groups -OCH3 is 1. The molecule has 202 valence electrons. The van der Waals surface area contributed by atoms with Crippen LogP contribution in [-0.4, -0.2) is 72.8 Å². The van der Waals surface area contributed by atoms with Crippen LogP contribution < -0.4 is 0 Å². The Labute approximate surface area is 226 Å². The maximum Gasteiger partial charge on any atom is 0.260 e. The fraction of sp³-hybridized carbons (Fsp3) is 0.433. The third-order valence-electron chi connectivity index (χ3n) is 8.13. The number of rotatable bonds is 8. The number of ether oxygens (including phenoxy) is 1. The van der Waals surface area contributed by atoms with Crippen molar-refractivity contribution in [2.24, 2.45) is 0 Å². The second-order valence-electron chi connectivity index (χ2n) is 10.4. The fourth-order valence-corrected chi connectivity index (χ4v) is 7.52. The van der Waals surface area contributed by atoms with Crippen molar-refractivity contribution >= 4 is 10.0 Å². The molecule has 0 N–H and O–H groups in total. The van der Waals surface area contributed by atoms with Crippen LogP contribution in [0.5, 0.6) is 0 Å². The zero-order chi connectivity index (χ0) is 26.9. The Bertz CT molecular complexity index is 1400. The molecule has 3 atom stereocenters. The number of hydrogen-bond acceptors (Lipinski definition) is 5. The SMILES string of the molecule is CCCn1nccc1S(=O)(=O)N1C/C=C\CN2C(COC)[C@@H](c3ccc(-c4cccc(C)c4C)cc3)[C@@H]2C1. The molecule has 8 heteroatoms. The maximum atomic E-state index is 13.8. The van der Waals surface area contributed by atoms with Gasteiger partial charge in [0.05, 0.1) is 12.8 Å². The van der Waals surface area contributed by atoms with Crippen LogP contribution >= 0.6 is 0 Å². The largest absolute Gasteiger partial charge is 0.383 e. The van der Waals surface area contributed by atoms with E-state index in [1.54, 1.807) is 28.4 Å². The smallest absolute Gasteiger partial charge is 0.260 e. The van der Waals surface area contributed by atoms with Crippen LogP contribution in [0.4, 0.5) is 0 Å². The number of benzene rings is 2. The third-order valence-corrected chi connectivity index (χ3v) is 9.98. The lowest BCUT2D eigenvalue weighted by molar-refractivity contribution is -0.0508. The fourth-order valence-electron chi connectivity index (χ4n) is 5.99. The van der Waals surface area contributed by atoms with Crippen LogP contribution in [-0.2, 0) is 21.3 Å². The number of aryl methyl sites for hydroxylation is 2. The Morgan fingerprint density at radius 3 is 2.53 bits per heavy atom. The van der Waals surface area contributed by atoms with Crippen molar-refractivity contribution < 1.29 is 13.2 Å². The first-order chi connectivity index (χ1) is 18.4. The summed E-state index contributed by atoms with van der Waals surface area (Å²) in [7, 11) is -1.96. The quantitative estimate of drug-likeness (QED) is 0.395. The summed E-state index contributed by atoms with van der Waals surface area (Å²) in [6, 6.07) is 17.1. The lowest BCUT2D eigenvalue weighted by Gasteiger charge is -2.56. The number of aromatic nitrogens is 2. The average Bonchev–Trinajstić information content (AvgIpc) is 3.36. The van der Waals surface area contributed by atoms with Crippen LogP contribution in [0.25, 0.3) is 11.1 Å². The lowest BCUT2D eigenvalue weighted by atomic mass is 9.74. The van der Waals surface area contributed by atoms with Crippen LogP contribution in [0.15, 0.2) is 71.9 Å². The molecule has 5 rings (SSSR count). The molecule has 1 aromatic heterocycles. The van der Waals surface area contributed by atoms with Gasteiger partial charge < -0.3 is 4.74 Å². The molecule has 3 heterocycles. The molecule has 0 spiro atoms. The first-order valence-electron chi connectivity index (χ1n) is 13.4. The number of fused-ring (bicyclic) bond motifs is 1. The second-order valence-corrected chi connectivity index (χ2v) is 12.3. The van der Waals surface area contributed by atoms with Crippen LogP contribution in [0.3, 0.4) is 0 Å². The summed E-state index contributed by atoms with van der Waals surface area (Å²) >= 11 is 0. The molecular formula is C30H38N4O3S. The van der Waals surface area contributed by atoms with Gasteiger partial charge in [0, 0.05) is 51.3 Å². The van der Waals surface area contributed by atoms with E-state index in [4.69, 9.17) is 4.74 Å². The minimum atomic E-state index is -3.70. The van der Waals surface area contributed by atoms with Gasteiger partial charge in [0.25, 0.3) is 10.0 Å². The van der Waals surface area contributed by atoms with Gasteiger partial charge in [-0.15, -0.1) is 0 Å². The van der Waals surface area contributed by atoms with E-state index < -0.39 is 10.0 Å². The van der Waals surface area contributed by atoms with Gasteiger partial charge in [0.2, 0.25) is 0 Å². The van der Waals surface area contributed by atoms with Crippen molar-refractivity contribution in [3.63, 3.8) is 0 Å². The predicted molar refractivity (Wildman–Crippen MR) is 151 cm³/mol. The molecule has 2 aliphatic rings. The molecule has 0 aliphatic carbocycles. The Hall–Kier alpha value is -2.78. The summed E-state index contributed by atoms with van der Waals surface area (Å²) in [5.41, 5.74) is 6.24. The molecule has 2 aromatic carbocycles. The number of hydrogen-bond donors (Lipinski definition) is 0. The molecule has 0 amide bonds. The van der Waals surface area contributed by atoms with E-state index in [-0.39, 0.29) is 23.0 Å². The van der Waals surface area contributed by atoms with Gasteiger partial charge in [-0.25, -0.2) is 8.42 Å². The van der Waals surface area contributed by atoms with Crippen LogP contribution in [0.1, 0.15) is 36.0 Å². The van der Waals surface area contributed by atoms with Gasteiger partial charge in [-0.1, -0.05) is 61.5 Å². The van der Waals surface area contributed by atoms with Crippen molar-refractivity contribution in [2.45, 2.75) is 56.8 Å². The van der Waals surface area contributed by atoms with Crippen LogP contribution in [0, 0.1) is 13.8 Å². The summed E-state index contributed by atoms with van der Waals surface area (Å²) in [6.45, 7) is 9.08. The molecule has 0 bridgehead atoms. The standard InChI is InChI=1S/C30H38N4O3S/c1-5-17-34-29(15-16-31-34)38(35,36)32-18-6-7-19-33-27(20-32)30(28(33)21-37-4)25-13-11-24(12-14-25)26-10-8-9-22(2)23(26)3/h6-16,27-28,30H,5,17-21H2,1-4H3/b7-6-/t27-,28?,30-/m0/s1. The summed E-state index contributed by atoms with van der Waals surface area (Å²) in [5.74, 6) is 0.173. The van der Waals surface area contributed by atoms with Gasteiger partial charge in [0.1, 0.15) is 0 Å². The second kappa shape index (κ2) is 11.1. The topological polar surface area (TPSA) is 67.7 Å². The maximum absolute atomic E-state index is 13.8. The van der Waals surface area contributed by atoms with Crippen molar-refractivity contribution in [1.82, 2.24) is 19.0 Å². The Morgan fingerprint density at radius 2 is 1.79 bits per heavy atom. The molecule has 1 saturated heterocycles. The molecule has 38 heavy (non-hydrogen) atoms. The predicted octanol–water partition coefficient (Wildman–Crippen LogP) is 4.62. The van der Waals surface area contributed by atoms with E-state index in [1.165, 1.54) is 27.8 Å². The molecule has 2 aliphatic heterocycles. The first-order valence-corrected chi connectivity index (χ1v) is 14.9. The van der Waals surface area contributed by atoms with Crippen molar-refractivity contribution in [3.8, 4) is 11.1 Å². The summed E-state index contributed by atoms with van der Waals surface area (Å²) < 4.78 is 36.4. The summed E-state index contributed by atoms with van der Waals surface area (Å²) in [5, 5.41) is 4.53. The molecule has 1 fully saturated rings. The van der Waals surface area contributed by atoms with Gasteiger partial charge in [-0.2, -0.15) is 9.40 Å². The molecule has 7 nitrogen and oxygen atoms in total. The van der Waals surface area contributed by atoms with E-state index in [0.717, 1.165) is 13.0 Å². The van der Waals surface area contributed by atoms with Crippen molar-refractivity contribution in [2.75, 3.05) is 33.4 Å². The third kappa shape index (κ3) is 4.86. The molecule has 0 radical (unpaired) electrons. The molecule has 3 aromatic rings. The molecule has 0 saturated carbocycles. The minimum Gasteiger partial charge on any atom is -0.383 e. The summed E-state index contributed by atoms with van der Waals surface area (Å²) in [4.78, 5) is 2.38. The lowest BCUT2D eigenvalue weighted by Crippen LogP contribution is -2.67. The highest BCUT2D eigenvalue weighted by atomic mass is 32.2. The Kier molecular flexibility index (Phi) is 7.86. The van der Waals surface area contributed by atoms with Gasteiger partial charge in [-0.05, 0) is 54.2 Å². The monoisotopic (exact) mass is 534 g/mol. The van der Waals surface area contributed by atoms with Gasteiger partial charge >= 0.3 is 0 Å². The molecule has 1 unspecified atom stereocenters. The number of sulfonamides is 1. The highest BCUT2D eigenvalue weighted by molar-refractivity contribution is 7.89. The van der Waals surface area contributed by atoms with E-state index in [0.29, 0.717) is 26.2 Å². The van der Waals surface area contributed by atoms with Gasteiger partial charge in [0.15, 0.2) is 5.03 Å². The minimum absolute atomic E-state index is 0.0592. The first kappa shape index (κ1) is 26.8. The Morgan fingerprint density at radius 1 is 1.03 bits per heavy atom. The van der Waals surface area contributed by atoms with Crippen molar-refractivity contribution in [1.29, 1.82) is 0 Å². The van der Waals surface area contributed by atoms with Crippen molar-refractivity contribution in [3.05, 3.63) is 83.6 Å². The van der Waals surface area contributed by atoms with Gasteiger partial charge in [-0.3, -0.25) is 9.58 Å². The zero-order valence-corrected chi connectivity index (χ0v) is 23.6. The highest BCUT2D eigenvalue weighted by Gasteiger charge is 2.50. The zero-order valence-electron chi connectivity index (χ0n) is 22.7. The highest BCUT2D eigenvalue weighted by Crippen LogP contribution is 2.43. The Balaban J connectivity index is 1.45. The van der Waals surface area contributed by atoms with E-state index >= 15 is 0 Å². The molecular weight excluding hydrogens is 496 g/mol.